The van der Waals surface area contributed by atoms with Gasteiger partial charge in [-0.25, -0.2) is 4.39 Å². The first-order valence-corrected chi connectivity index (χ1v) is 7.84. The zero-order chi connectivity index (χ0) is 16.2. The Morgan fingerprint density at radius 2 is 2.04 bits per heavy atom. The third-order valence-electron chi connectivity index (χ3n) is 3.91. The molecule has 0 amide bonds. The van der Waals surface area contributed by atoms with Crippen LogP contribution in [0.3, 0.4) is 0 Å². The monoisotopic (exact) mass is 316 g/mol. The molecule has 1 atom stereocenters. The number of nitrogens with one attached hydrogen (secondary N) is 1. The van der Waals surface area contributed by atoms with Gasteiger partial charge in [-0.3, -0.25) is 4.90 Å². The lowest BCUT2D eigenvalue weighted by molar-refractivity contribution is 0.173. The molecule has 0 saturated carbocycles. The van der Waals surface area contributed by atoms with Gasteiger partial charge in [0, 0.05) is 12.2 Å². The predicted molar refractivity (Wildman–Crippen MR) is 87.6 cm³/mol. The molecule has 0 bridgehead atoms. The van der Waals surface area contributed by atoms with E-state index in [1.54, 1.807) is 12.1 Å². The molecule has 1 aromatic heterocycles. The van der Waals surface area contributed by atoms with E-state index in [-0.39, 0.29) is 11.8 Å². The second-order valence-electron chi connectivity index (χ2n) is 6.05. The summed E-state index contributed by atoms with van der Waals surface area (Å²) >= 11 is 0. The van der Waals surface area contributed by atoms with Crippen LogP contribution < -0.4 is 11.1 Å². The smallest absolute Gasteiger partial charge is 0.232 e. The summed E-state index contributed by atoms with van der Waals surface area (Å²) in [7, 11) is 0. The SMILES string of the molecule is C[C@H]1CCCN(Cc2nc(N)nc(Nc3ccc(F)cc3)n2)C1. The highest BCUT2D eigenvalue weighted by atomic mass is 19.1. The van der Waals surface area contributed by atoms with Gasteiger partial charge in [0.15, 0.2) is 0 Å². The molecule has 3 rings (SSSR count). The van der Waals surface area contributed by atoms with E-state index < -0.39 is 0 Å². The number of benzene rings is 1. The van der Waals surface area contributed by atoms with E-state index in [2.05, 4.69) is 32.1 Å². The van der Waals surface area contributed by atoms with Gasteiger partial charge in [-0.2, -0.15) is 15.0 Å². The van der Waals surface area contributed by atoms with Gasteiger partial charge in [0.1, 0.15) is 11.6 Å². The summed E-state index contributed by atoms with van der Waals surface area (Å²) in [4.78, 5) is 15.1. The zero-order valence-electron chi connectivity index (χ0n) is 13.2. The average molecular weight is 316 g/mol. The number of nitrogens with two attached hydrogens (primary N) is 1. The van der Waals surface area contributed by atoms with Gasteiger partial charge in [0.25, 0.3) is 0 Å². The van der Waals surface area contributed by atoms with Gasteiger partial charge < -0.3 is 11.1 Å². The summed E-state index contributed by atoms with van der Waals surface area (Å²) < 4.78 is 13.0. The van der Waals surface area contributed by atoms with Gasteiger partial charge in [-0.05, 0) is 49.6 Å². The van der Waals surface area contributed by atoms with Crippen LogP contribution in [0.5, 0.6) is 0 Å². The second kappa shape index (κ2) is 6.87. The van der Waals surface area contributed by atoms with Crippen molar-refractivity contribution in [2.45, 2.75) is 26.3 Å². The van der Waals surface area contributed by atoms with Crippen molar-refractivity contribution < 1.29 is 4.39 Å². The summed E-state index contributed by atoms with van der Waals surface area (Å²) in [6.07, 6.45) is 2.47. The van der Waals surface area contributed by atoms with Crippen LogP contribution in [0.15, 0.2) is 24.3 Å². The Balaban J connectivity index is 1.72. The average Bonchev–Trinajstić information content (AvgIpc) is 2.49. The molecule has 0 unspecified atom stereocenters. The van der Waals surface area contributed by atoms with Crippen molar-refractivity contribution >= 4 is 17.6 Å². The van der Waals surface area contributed by atoms with Gasteiger partial charge in [-0.15, -0.1) is 0 Å². The van der Waals surface area contributed by atoms with Crippen molar-refractivity contribution in [3.8, 4) is 0 Å². The Hall–Kier alpha value is -2.28. The number of piperidine rings is 1. The molecule has 0 spiro atoms. The summed E-state index contributed by atoms with van der Waals surface area (Å²) in [5.41, 5.74) is 6.49. The highest BCUT2D eigenvalue weighted by Crippen LogP contribution is 2.18. The highest BCUT2D eigenvalue weighted by molar-refractivity contribution is 5.53. The number of rotatable bonds is 4. The van der Waals surface area contributed by atoms with Crippen LogP contribution in [0, 0.1) is 11.7 Å². The fourth-order valence-electron chi connectivity index (χ4n) is 2.86. The summed E-state index contributed by atoms with van der Waals surface area (Å²) in [5, 5.41) is 3.03. The molecule has 2 aromatic rings. The zero-order valence-corrected chi connectivity index (χ0v) is 13.2. The van der Waals surface area contributed by atoms with Crippen LogP contribution in [0.25, 0.3) is 0 Å². The molecular weight excluding hydrogens is 295 g/mol. The van der Waals surface area contributed by atoms with Crippen LogP contribution >= 0.6 is 0 Å². The molecule has 2 heterocycles. The molecule has 3 N–H and O–H groups in total. The van der Waals surface area contributed by atoms with E-state index in [9.17, 15) is 4.39 Å². The van der Waals surface area contributed by atoms with Gasteiger partial charge >= 0.3 is 0 Å². The van der Waals surface area contributed by atoms with Crippen LogP contribution in [-0.4, -0.2) is 32.9 Å². The van der Waals surface area contributed by atoms with Crippen molar-refractivity contribution in [3.05, 3.63) is 35.9 Å². The minimum absolute atomic E-state index is 0.185. The van der Waals surface area contributed by atoms with Gasteiger partial charge in [-0.1, -0.05) is 6.92 Å². The fourth-order valence-corrected chi connectivity index (χ4v) is 2.86. The Morgan fingerprint density at radius 3 is 2.78 bits per heavy atom. The van der Waals surface area contributed by atoms with Crippen LogP contribution in [0.4, 0.5) is 22.0 Å². The maximum atomic E-state index is 13.0. The first kappa shape index (κ1) is 15.6. The fraction of sp³-hybridized carbons (Fsp3) is 0.438. The molecule has 6 nitrogen and oxygen atoms in total. The standard InChI is InChI=1S/C16H21FN6/c1-11-3-2-8-23(9-11)10-14-20-15(18)22-16(21-14)19-13-6-4-12(17)5-7-13/h4-7,11H,2-3,8-10H2,1H3,(H3,18,19,20,21,22)/t11-/m0/s1. The summed E-state index contributed by atoms with van der Waals surface area (Å²) in [6, 6.07) is 6.01. The van der Waals surface area contributed by atoms with Gasteiger partial charge in [0.2, 0.25) is 11.9 Å². The highest BCUT2D eigenvalue weighted by Gasteiger charge is 2.18. The molecule has 1 fully saturated rings. The Labute approximate surface area is 135 Å². The lowest BCUT2D eigenvalue weighted by atomic mass is 10.0. The Kier molecular flexibility index (Phi) is 4.66. The second-order valence-corrected chi connectivity index (χ2v) is 6.05. The molecule has 1 aliphatic rings. The summed E-state index contributed by atoms with van der Waals surface area (Å²) in [6.45, 7) is 5.02. The maximum Gasteiger partial charge on any atom is 0.232 e. The molecular formula is C16H21FN6. The molecule has 0 aliphatic carbocycles. The van der Waals surface area contributed by atoms with E-state index in [0.717, 1.165) is 13.1 Å². The maximum absolute atomic E-state index is 13.0. The van der Waals surface area contributed by atoms with Crippen molar-refractivity contribution in [1.29, 1.82) is 0 Å². The Morgan fingerprint density at radius 1 is 1.26 bits per heavy atom. The van der Waals surface area contributed by atoms with E-state index in [1.165, 1.54) is 25.0 Å². The van der Waals surface area contributed by atoms with E-state index in [0.29, 0.717) is 29.9 Å². The van der Waals surface area contributed by atoms with Gasteiger partial charge in [0.05, 0.1) is 6.54 Å². The normalized spacial score (nSPS) is 18.8. The number of nitrogen functional groups attached to an aromatic ring is 1. The molecule has 122 valence electrons. The van der Waals surface area contributed by atoms with Crippen molar-refractivity contribution in [1.82, 2.24) is 19.9 Å². The first-order valence-electron chi connectivity index (χ1n) is 7.84. The first-order chi connectivity index (χ1) is 11.1. The van der Waals surface area contributed by atoms with Crippen molar-refractivity contribution in [2.75, 3.05) is 24.1 Å². The third-order valence-corrected chi connectivity index (χ3v) is 3.91. The number of hydrogen-bond donors (Lipinski definition) is 2. The van der Waals surface area contributed by atoms with Crippen molar-refractivity contribution in [2.24, 2.45) is 5.92 Å². The number of nitrogens with zero attached hydrogens (tertiary/aromatic N) is 4. The summed E-state index contributed by atoms with van der Waals surface area (Å²) in [5.74, 6) is 1.62. The molecule has 1 saturated heterocycles. The van der Waals surface area contributed by atoms with E-state index in [1.807, 2.05) is 0 Å². The number of aromatic nitrogens is 3. The molecule has 23 heavy (non-hydrogen) atoms. The predicted octanol–water partition coefficient (Wildman–Crippen LogP) is 2.57. The van der Waals surface area contributed by atoms with E-state index >= 15 is 0 Å². The number of hydrogen-bond acceptors (Lipinski definition) is 6. The Bertz CT molecular complexity index is 660. The third kappa shape index (κ3) is 4.35. The topological polar surface area (TPSA) is 80.0 Å². The van der Waals surface area contributed by atoms with Crippen LogP contribution in [0.1, 0.15) is 25.6 Å². The minimum Gasteiger partial charge on any atom is -0.368 e. The quantitative estimate of drug-likeness (QED) is 0.902. The van der Waals surface area contributed by atoms with E-state index in [4.69, 9.17) is 5.73 Å². The molecule has 7 heteroatoms. The van der Waals surface area contributed by atoms with Crippen LogP contribution in [0.2, 0.25) is 0 Å². The number of halogens is 1. The number of likely N-dealkylation sites (tertiary alicyclic amines) is 1. The number of anilines is 3. The lowest BCUT2D eigenvalue weighted by Crippen LogP contribution is -2.34. The largest absolute Gasteiger partial charge is 0.368 e. The molecule has 0 radical (unpaired) electrons. The molecule has 1 aromatic carbocycles. The van der Waals surface area contributed by atoms with Crippen molar-refractivity contribution in [3.63, 3.8) is 0 Å². The lowest BCUT2D eigenvalue weighted by Gasteiger charge is -2.30. The molecule has 1 aliphatic heterocycles. The minimum atomic E-state index is -0.286. The van der Waals surface area contributed by atoms with Crippen LogP contribution in [-0.2, 0) is 6.54 Å².